The van der Waals surface area contributed by atoms with Crippen molar-refractivity contribution in [1.29, 1.82) is 0 Å². The van der Waals surface area contributed by atoms with Gasteiger partial charge in [-0.15, -0.1) is 0 Å². The van der Waals surface area contributed by atoms with Crippen LogP contribution in [0.15, 0.2) is 71.8 Å². The minimum absolute atomic E-state index is 0.0715. The molecule has 0 saturated heterocycles. The van der Waals surface area contributed by atoms with E-state index in [1.54, 1.807) is 32.2 Å². The van der Waals surface area contributed by atoms with E-state index >= 15 is 0 Å². The molecule has 2 aromatic heterocycles. The lowest BCUT2D eigenvalue weighted by molar-refractivity contribution is 0.0953. The van der Waals surface area contributed by atoms with Gasteiger partial charge >= 0.3 is 6.03 Å². The highest BCUT2D eigenvalue weighted by Crippen LogP contribution is 2.27. The molecule has 0 fully saturated rings. The number of pyridine rings is 1. The molecule has 3 N–H and O–H groups in total. The average molecular weight is 545 g/mol. The minimum Gasteiger partial charge on any atom is -0.352 e. The van der Waals surface area contributed by atoms with Gasteiger partial charge in [0.05, 0.1) is 16.4 Å². The number of hydrogen-bond donors (Lipinski definition) is 3. The molecule has 0 bridgehead atoms. The molecule has 4 aromatic rings. The SMILES string of the molecule is CCCNC(=O)c1cccc(-c2cccc(-c3cc(NC(=O)Nc4c(C)cncc4Cl)c(=O)n(CC)n3)c2)c1. The molecule has 39 heavy (non-hydrogen) atoms. The summed E-state index contributed by atoms with van der Waals surface area (Å²) >= 11 is 6.17. The number of aryl methyl sites for hydroxylation is 2. The summed E-state index contributed by atoms with van der Waals surface area (Å²) in [5.74, 6) is -0.121. The lowest BCUT2D eigenvalue weighted by Gasteiger charge is -2.13. The van der Waals surface area contributed by atoms with Crippen LogP contribution in [0.4, 0.5) is 16.2 Å². The Morgan fingerprint density at radius 3 is 2.38 bits per heavy atom. The fourth-order valence-corrected chi connectivity index (χ4v) is 4.24. The smallest absolute Gasteiger partial charge is 0.323 e. The summed E-state index contributed by atoms with van der Waals surface area (Å²) in [4.78, 5) is 42.2. The lowest BCUT2D eigenvalue weighted by Crippen LogP contribution is -2.30. The van der Waals surface area contributed by atoms with Crippen molar-refractivity contribution in [3.05, 3.63) is 93.5 Å². The van der Waals surface area contributed by atoms with Gasteiger partial charge in [0.15, 0.2) is 0 Å². The second-order valence-corrected chi connectivity index (χ2v) is 9.28. The highest BCUT2D eigenvalue weighted by Gasteiger charge is 2.15. The Hall–Kier alpha value is -4.50. The Kier molecular flexibility index (Phi) is 8.73. The van der Waals surface area contributed by atoms with E-state index in [0.717, 1.165) is 23.1 Å². The number of carbonyl (C=O) groups excluding carboxylic acids is 2. The molecular formula is C29H29ClN6O3. The highest BCUT2D eigenvalue weighted by atomic mass is 35.5. The molecule has 200 valence electrons. The number of nitrogens with zero attached hydrogens (tertiary/aromatic N) is 3. The molecule has 0 unspecified atom stereocenters. The molecule has 10 heteroatoms. The van der Waals surface area contributed by atoms with E-state index in [9.17, 15) is 14.4 Å². The van der Waals surface area contributed by atoms with E-state index in [2.05, 4.69) is 26.0 Å². The predicted octanol–water partition coefficient (Wildman–Crippen LogP) is 5.74. The van der Waals surface area contributed by atoms with E-state index in [4.69, 9.17) is 11.6 Å². The van der Waals surface area contributed by atoms with Crippen LogP contribution in [0.25, 0.3) is 22.4 Å². The van der Waals surface area contributed by atoms with Crippen LogP contribution in [-0.4, -0.2) is 33.2 Å². The number of amides is 3. The summed E-state index contributed by atoms with van der Waals surface area (Å²) in [6.45, 7) is 6.49. The van der Waals surface area contributed by atoms with Gasteiger partial charge < -0.3 is 16.0 Å². The zero-order valence-electron chi connectivity index (χ0n) is 21.9. The Morgan fingerprint density at radius 2 is 1.67 bits per heavy atom. The number of nitrogens with one attached hydrogen (secondary N) is 3. The molecule has 2 heterocycles. The van der Waals surface area contributed by atoms with Gasteiger partial charge in [-0.25, -0.2) is 9.48 Å². The number of hydrogen-bond acceptors (Lipinski definition) is 5. The zero-order valence-corrected chi connectivity index (χ0v) is 22.7. The maximum Gasteiger partial charge on any atom is 0.323 e. The molecule has 0 aliphatic carbocycles. The molecule has 9 nitrogen and oxygen atoms in total. The van der Waals surface area contributed by atoms with Crippen molar-refractivity contribution in [1.82, 2.24) is 20.1 Å². The van der Waals surface area contributed by atoms with Crippen LogP contribution >= 0.6 is 11.6 Å². The van der Waals surface area contributed by atoms with Crippen molar-refractivity contribution in [3.8, 4) is 22.4 Å². The summed E-state index contributed by atoms with van der Waals surface area (Å²) in [5.41, 5.74) is 4.30. The summed E-state index contributed by atoms with van der Waals surface area (Å²) in [5, 5.41) is 13.0. The molecule has 4 rings (SSSR count). The molecule has 3 amide bonds. The molecule has 0 radical (unpaired) electrons. The first-order valence-electron chi connectivity index (χ1n) is 12.6. The maximum atomic E-state index is 13.0. The average Bonchev–Trinajstić information content (AvgIpc) is 2.95. The first kappa shape index (κ1) is 27.5. The van der Waals surface area contributed by atoms with Crippen LogP contribution in [0.5, 0.6) is 0 Å². The van der Waals surface area contributed by atoms with Gasteiger partial charge in [0.2, 0.25) is 0 Å². The number of urea groups is 1. The Balaban J connectivity index is 1.64. The Bertz CT molecular complexity index is 1560. The van der Waals surface area contributed by atoms with E-state index < -0.39 is 11.6 Å². The van der Waals surface area contributed by atoms with Gasteiger partial charge in [-0.1, -0.05) is 48.9 Å². The fraction of sp³-hybridized carbons (Fsp3) is 0.207. The first-order valence-corrected chi connectivity index (χ1v) is 13.0. The van der Waals surface area contributed by atoms with Gasteiger partial charge in [0, 0.05) is 36.6 Å². The second-order valence-electron chi connectivity index (χ2n) is 8.87. The van der Waals surface area contributed by atoms with Crippen LogP contribution in [0, 0.1) is 6.92 Å². The van der Waals surface area contributed by atoms with Gasteiger partial charge in [-0.2, -0.15) is 5.10 Å². The van der Waals surface area contributed by atoms with Crippen molar-refractivity contribution in [2.45, 2.75) is 33.7 Å². The predicted molar refractivity (Wildman–Crippen MR) is 154 cm³/mol. The Morgan fingerprint density at radius 1 is 0.949 bits per heavy atom. The fourth-order valence-electron chi connectivity index (χ4n) is 3.98. The quantitative estimate of drug-likeness (QED) is 0.261. The van der Waals surface area contributed by atoms with E-state index in [1.807, 2.05) is 49.4 Å². The molecule has 0 spiro atoms. The third-order valence-corrected chi connectivity index (χ3v) is 6.29. The third kappa shape index (κ3) is 6.50. The summed E-state index contributed by atoms with van der Waals surface area (Å²) in [6.07, 6.45) is 3.87. The largest absolute Gasteiger partial charge is 0.352 e. The van der Waals surface area contributed by atoms with Gasteiger partial charge in [0.1, 0.15) is 5.69 Å². The van der Waals surface area contributed by atoms with E-state index in [1.165, 1.54) is 10.9 Å². The topological polar surface area (TPSA) is 118 Å². The van der Waals surface area contributed by atoms with Crippen molar-refractivity contribution in [2.24, 2.45) is 0 Å². The maximum absolute atomic E-state index is 13.0. The monoisotopic (exact) mass is 544 g/mol. The molecule has 0 atom stereocenters. The molecule has 0 aliphatic heterocycles. The number of halogens is 1. The summed E-state index contributed by atoms with van der Waals surface area (Å²) in [6, 6.07) is 15.9. The first-order chi connectivity index (χ1) is 18.8. The van der Waals surface area contributed by atoms with Gasteiger partial charge in [-0.3, -0.25) is 14.6 Å². The summed E-state index contributed by atoms with van der Waals surface area (Å²) < 4.78 is 1.29. The number of benzene rings is 2. The van der Waals surface area contributed by atoms with Crippen LogP contribution in [0.2, 0.25) is 5.02 Å². The number of carbonyl (C=O) groups is 2. The van der Waals surface area contributed by atoms with E-state index in [-0.39, 0.29) is 16.6 Å². The zero-order chi connectivity index (χ0) is 27.9. The van der Waals surface area contributed by atoms with Crippen molar-refractivity contribution in [3.63, 3.8) is 0 Å². The Labute approximate surface area is 231 Å². The summed E-state index contributed by atoms with van der Waals surface area (Å²) in [7, 11) is 0. The number of anilines is 2. The van der Waals surface area contributed by atoms with Crippen LogP contribution < -0.4 is 21.5 Å². The normalized spacial score (nSPS) is 10.7. The van der Waals surface area contributed by atoms with Gasteiger partial charge in [-0.05, 0) is 61.2 Å². The minimum atomic E-state index is -0.616. The van der Waals surface area contributed by atoms with Crippen molar-refractivity contribution in [2.75, 3.05) is 17.2 Å². The van der Waals surface area contributed by atoms with Crippen LogP contribution in [-0.2, 0) is 6.54 Å². The van der Waals surface area contributed by atoms with E-state index in [0.29, 0.717) is 35.6 Å². The molecule has 0 saturated carbocycles. The molecular weight excluding hydrogens is 516 g/mol. The highest BCUT2D eigenvalue weighted by molar-refractivity contribution is 6.33. The lowest BCUT2D eigenvalue weighted by atomic mass is 9.99. The number of aromatic nitrogens is 3. The second kappa shape index (κ2) is 12.4. The van der Waals surface area contributed by atoms with Crippen molar-refractivity contribution < 1.29 is 9.59 Å². The third-order valence-electron chi connectivity index (χ3n) is 6.00. The number of rotatable bonds is 8. The molecule has 0 aliphatic rings. The van der Waals surface area contributed by atoms with Crippen LogP contribution in [0.3, 0.4) is 0 Å². The molecule has 2 aromatic carbocycles. The van der Waals surface area contributed by atoms with Crippen molar-refractivity contribution >= 4 is 34.9 Å². The standard InChI is InChI=1S/C29H29ClN6O3/c1-4-12-32-27(37)22-11-7-9-20(14-22)19-8-6-10-21(13-19)24-15-25(28(38)36(5-2)35-24)33-29(39)34-26-18(3)16-31-17-23(26)30/h6-11,13-17H,4-5,12H2,1-3H3,(H,32,37)(H2,31,33,34,39). The van der Waals surface area contributed by atoms with Gasteiger partial charge in [0.25, 0.3) is 11.5 Å². The van der Waals surface area contributed by atoms with Crippen LogP contribution in [0.1, 0.15) is 36.2 Å².